The predicted molar refractivity (Wildman–Crippen MR) is 64.2 cm³/mol. The minimum absolute atomic E-state index is 0.210. The van der Waals surface area contributed by atoms with E-state index < -0.39 is 6.10 Å². The second-order valence-electron chi connectivity index (χ2n) is 4.82. The molecule has 0 bridgehead atoms. The lowest BCUT2D eigenvalue weighted by Crippen LogP contribution is -2.11. The maximum atomic E-state index is 10.3. The molecule has 3 heteroatoms. The normalized spacial score (nSPS) is 24.4. The van der Waals surface area contributed by atoms with Crippen LogP contribution in [0.15, 0.2) is 18.2 Å². The minimum atomic E-state index is -0.467. The van der Waals surface area contributed by atoms with Gasteiger partial charge in [0.25, 0.3) is 0 Å². The van der Waals surface area contributed by atoms with E-state index in [-0.39, 0.29) is 6.10 Å². The quantitative estimate of drug-likeness (QED) is 0.871. The van der Waals surface area contributed by atoms with Crippen LogP contribution in [-0.2, 0) is 11.2 Å². The summed E-state index contributed by atoms with van der Waals surface area (Å²) in [4.78, 5) is 0. The number of hydrogen-bond donors (Lipinski definition) is 1. The third-order valence-corrected chi connectivity index (χ3v) is 3.61. The number of aliphatic hydroxyl groups is 1. The van der Waals surface area contributed by atoms with Crippen LogP contribution in [0.2, 0.25) is 0 Å². The highest BCUT2D eigenvalue weighted by Gasteiger charge is 2.25. The zero-order chi connectivity index (χ0) is 11.7. The molecule has 0 amide bonds. The Bertz CT molecular complexity index is 396. The molecule has 0 aromatic heterocycles. The first kappa shape index (κ1) is 11.1. The Labute approximate surface area is 101 Å². The highest BCUT2D eigenvalue weighted by Crippen LogP contribution is 2.36. The van der Waals surface area contributed by atoms with E-state index in [0.29, 0.717) is 6.42 Å². The van der Waals surface area contributed by atoms with Gasteiger partial charge in [0.2, 0.25) is 0 Å². The monoisotopic (exact) mass is 234 g/mol. The van der Waals surface area contributed by atoms with Crippen LogP contribution in [-0.4, -0.2) is 24.4 Å². The van der Waals surface area contributed by atoms with Crippen molar-refractivity contribution < 1.29 is 14.6 Å². The van der Waals surface area contributed by atoms with Crippen molar-refractivity contribution in [1.29, 1.82) is 0 Å². The van der Waals surface area contributed by atoms with Crippen molar-refractivity contribution in [1.82, 2.24) is 0 Å². The average Bonchev–Trinajstić information content (AvgIpc) is 2.97. The Kier molecular flexibility index (Phi) is 3.04. The van der Waals surface area contributed by atoms with Gasteiger partial charge in [0, 0.05) is 25.0 Å². The molecule has 1 saturated heterocycles. The second kappa shape index (κ2) is 4.67. The molecule has 0 aliphatic carbocycles. The van der Waals surface area contributed by atoms with Crippen molar-refractivity contribution in [2.24, 2.45) is 0 Å². The topological polar surface area (TPSA) is 38.7 Å². The lowest BCUT2D eigenvalue weighted by molar-refractivity contribution is 0.0526. The highest BCUT2D eigenvalue weighted by molar-refractivity contribution is 5.45. The molecule has 0 radical (unpaired) electrons. The van der Waals surface area contributed by atoms with Gasteiger partial charge < -0.3 is 14.6 Å². The molecule has 0 spiro atoms. The summed E-state index contributed by atoms with van der Waals surface area (Å²) in [5, 5.41) is 10.3. The van der Waals surface area contributed by atoms with Crippen LogP contribution in [0.4, 0.5) is 0 Å². The fourth-order valence-electron chi connectivity index (χ4n) is 2.71. The summed E-state index contributed by atoms with van der Waals surface area (Å²) in [6.45, 7) is 1.57. The third kappa shape index (κ3) is 2.17. The smallest absolute Gasteiger partial charge is 0.128 e. The summed E-state index contributed by atoms with van der Waals surface area (Å²) in [7, 11) is 0. The molecule has 92 valence electrons. The van der Waals surface area contributed by atoms with Gasteiger partial charge in [-0.05, 0) is 18.4 Å². The van der Waals surface area contributed by atoms with E-state index in [1.165, 1.54) is 5.56 Å². The molecule has 2 aliphatic rings. The van der Waals surface area contributed by atoms with Crippen LogP contribution in [0.3, 0.4) is 0 Å². The molecule has 1 aromatic carbocycles. The van der Waals surface area contributed by atoms with Gasteiger partial charge in [0.15, 0.2) is 0 Å². The van der Waals surface area contributed by atoms with Crippen molar-refractivity contribution in [3.05, 3.63) is 29.3 Å². The van der Waals surface area contributed by atoms with Gasteiger partial charge in [-0.25, -0.2) is 0 Å². The molecule has 1 fully saturated rings. The van der Waals surface area contributed by atoms with Gasteiger partial charge in [0.05, 0.1) is 18.8 Å². The number of para-hydroxylation sites is 1. The summed E-state index contributed by atoms with van der Waals surface area (Å²) in [6, 6.07) is 6.04. The van der Waals surface area contributed by atoms with Crippen LogP contribution < -0.4 is 4.74 Å². The lowest BCUT2D eigenvalue weighted by Gasteiger charge is -2.17. The number of benzene rings is 1. The van der Waals surface area contributed by atoms with E-state index in [1.807, 2.05) is 12.1 Å². The molecule has 1 aromatic rings. The third-order valence-electron chi connectivity index (χ3n) is 3.61. The van der Waals surface area contributed by atoms with Crippen molar-refractivity contribution in [2.75, 3.05) is 13.2 Å². The van der Waals surface area contributed by atoms with E-state index in [9.17, 15) is 5.11 Å². The van der Waals surface area contributed by atoms with Crippen molar-refractivity contribution in [2.45, 2.75) is 37.9 Å². The van der Waals surface area contributed by atoms with E-state index >= 15 is 0 Å². The standard InChI is InChI=1S/C14H18O3/c15-13(9-11-4-2-7-16-11)12-5-1-3-10-6-8-17-14(10)12/h1,3,5,11,13,15H,2,4,6-9H2. The Morgan fingerprint density at radius 1 is 1.35 bits per heavy atom. The Morgan fingerprint density at radius 3 is 3.12 bits per heavy atom. The van der Waals surface area contributed by atoms with Gasteiger partial charge >= 0.3 is 0 Å². The molecule has 2 atom stereocenters. The van der Waals surface area contributed by atoms with Crippen molar-refractivity contribution in [3.8, 4) is 5.75 Å². The number of fused-ring (bicyclic) bond motifs is 1. The van der Waals surface area contributed by atoms with Gasteiger partial charge in [-0.3, -0.25) is 0 Å². The number of hydrogen-bond acceptors (Lipinski definition) is 3. The first-order valence-electron chi connectivity index (χ1n) is 6.39. The molecule has 2 aliphatic heterocycles. The molecule has 2 heterocycles. The molecule has 17 heavy (non-hydrogen) atoms. The predicted octanol–water partition coefficient (Wildman–Crippen LogP) is 2.22. The number of rotatable bonds is 3. The number of aliphatic hydroxyl groups excluding tert-OH is 1. The van der Waals surface area contributed by atoms with Crippen LogP contribution in [0.1, 0.15) is 36.5 Å². The van der Waals surface area contributed by atoms with Crippen molar-refractivity contribution in [3.63, 3.8) is 0 Å². The maximum absolute atomic E-state index is 10.3. The van der Waals surface area contributed by atoms with Crippen LogP contribution >= 0.6 is 0 Å². The fraction of sp³-hybridized carbons (Fsp3) is 0.571. The summed E-state index contributed by atoms with van der Waals surface area (Å²) in [5.41, 5.74) is 2.14. The maximum Gasteiger partial charge on any atom is 0.128 e. The SMILES string of the molecule is OC(CC1CCCO1)c1cccc2c1OCC2. The van der Waals surface area contributed by atoms with Gasteiger partial charge in [-0.2, -0.15) is 0 Å². The first-order chi connectivity index (χ1) is 8.34. The van der Waals surface area contributed by atoms with Crippen LogP contribution in [0.25, 0.3) is 0 Å². The molecule has 0 saturated carbocycles. The summed E-state index contributed by atoms with van der Waals surface area (Å²) < 4.78 is 11.2. The number of ether oxygens (including phenoxy) is 2. The Hall–Kier alpha value is -1.06. The lowest BCUT2D eigenvalue weighted by atomic mass is 9.99. The second-order valence-corrected chi connectivity index (χ2v) is 4.82. The summed E-state index contributed by atoms with van der Waals surface area (Å²) >= 11 is 0. The van der Waals surface area contributed by atoms with Gasteiger partial charge in [0.1, 0.15) is 5.75 Å². The molecule has 3 nitrogen and oxygen atoms in total. The molecular weight excluding hydrogens is 216 g/mol. The van der Waals surface area contributed by atoms with E-state index in [4.69, 9.17) is 9.47 Å². The zero-order valence-electron chi connectivity index (χ0n) is 9.89. The van der Waals surface area contributed by atoms with E-state index in [0.717, 1.165) is 43.8 Å². The largest absolute Gasteiger partial charge is 0.493 e. The van der Waals surface area contributed by atoms with Gasteiger partial charge in [-0.15, -0.1) is 0 Å². The van der Waals surface area contributed by atoms with Crippen molar-refractivity contribution >= 4 is 0 Å². The molecule has 1 N–H and O–H groups in total. The van der Waals surface area contributed by atoms with Crippen LogP contribution in [0.5, 0.6) is 5.75 Å². The fourth-order valence-corrected chi connectivity index (χ4v) is 2.71. The molecule has 2 unspecified atom stereocenters. The summed E-state index contributed by atoms with van der Waals surface area (Å²) in [6.07, 6.45) is 3.55. The molecular formula is C14H18O3. The van der Waals surface area contributed by atoms with E-state index in [2.05, 4.69) is 6.07 Å². The summed E-state index contributed by atoms with van der Waals surface area (Å²) in [5.74, 6) is 0.901. The van der Waals surface area contributed by atoms with Gasteiger partial charge in [-0.1, -0.05) is 18.2 Å². The highest BCUT2D eigenvalue weighted by atomic mass is 16.5. The Balaban J connectivity index is 1.76. The van der Waals surface area contributed by atoms with Crippen LogP contribution in [0, 0.1) is 0 Å². The first-order valence-corrected chi connectivity index (χ1v) is 6.39. The molecule has 3 rings (SSSR count). The Morgan fingerprint density at radius 2 is 2.29 bits per heavy atom. The average molecular weight is 234 g/mol. The minimum Gasteiger partial charge on any atom is -0.493 e. The zero-order valence-corrected chi connectivity index (χ0v) is 9.89. The van der Waals surface area contributed by atoms with E-state index in [1.54, 1.807) is 0 Å².